The first-order valence-electron chi connectivity index (χ1n) is 7.31. The minimum absolute atomic E-state index is 0.349. The molecule has 1 aromatic heterocycles. The highest BCUT2D eigenvalue weighted by atomic mass is 19.4. The summed E-state index contributed by atoms with van der Waals surface area (Å²) in [5.74, 6) is 0. The lowest BCUT2D eigenvalue weighted by Gasteiger charge is -2.32. The van der Waals surface area contributed by atoms with Crippen LogP contribution in [-0.2, 0) is 22.5 Å². The molecule has 1 saturated heterocycles. The van der Waals surface area contributed by atoms with E-state index in [4.69, 9.17) is 9.31 Å². The van der Waals surface area contributed by atoms with Crippen molar-refractivity contribution in [2.75, 3.05) is 0 Å². The molecule has 2 heterocycles. The minimum Gasteiger partial charge on any atom is -0.399 e. The first kappa shape index (κ1) is 16.3. The average molecular weight is 326 g/mol. The molecule has 1 aliphatic rings. The van der Waals surface area contributed by atoms with Crippen LogP contribution in [0.25, 0.3) is 10.9 Å². The Morgan fingerprint density at radius 1 is 1.09 bits per heavy atom. The van der Waals surface area contributed by atoms with Crippen molar-refractivity contribution >= 4 is 23.5 Å². The van der Waals surface area contributed by atoms with Gasteiger partial charge in [-0.1, -0.05) is 0 Å². The molecule has 1 aromatic carbocycles. The number of hydrogen-bond acceptors (Lipinski definition) is 3. The Morgan fingerprint density at radius 3 is 2.17 bits per heavy atom. The zero-order chi connectivity index (χ0) is 17.2. The first-order chi connectivity index (χ1) is 10.4. The van der Waals surface area contributed by atoms with Crippen molar-refractivity contribution in [1.82, 2.24) is 9.78 Å². The first-order valence-corrected chi connectivity index (χ1v) is 7.31. The third-order valence-electron chi connectivity index (χ3n) is 4.73. The quantitative estimate of drug-likeness (QED) is 0.756. The second kappa shape index (κ2) is 4.74. The van der Waals surface area contributed by atoms with Crippen molar-refractivity contribution in [3.8, 4) is 0 Å². The molecule has 8 heteroatoms. The summed E-state index contributed by atoms with van der Waals surface area (Å²) in [6.45, 7) is 7.45. The van der Waals surface area contributed by atoms with Crippen molar-refractivity contribution in [1.29, 1.82) is 0 Å². The zero-order valence-corrected chi connectivity index (χ0v) is 13.7. The van der Waals surface area contributed by atoms with E-state index in [9.17, 15) is 13.2 Å². The van der Waals surface area contributed by atoms with E-state index in [-0.39, 0.29) is 0 Å². The predicted molar refractivity (Wildman–Crippen MR) is 81.4 cm³/mol. The van der Waals surface area contributed by atoms with Gasteiger partial charge in [0.1, 0.15) is 0 Å². The number of rotatable bonds is 1. The maximum atomic E-state index is 13.2. The van der Waals surface area contributed by atoms with Gasteiger partial charge in [0.2, 0.25) is 0 Å². The molecule has 0 bridgehead atoms. The predicted octanol–water partition coefficient (Wildman–Crippen LogP) is 2.89. The van der Waals surface area contributed by atoms with Crippen LogP contribution in [0.3, 0.4) is 0 Å². The number of halogens is 3. The van der Waals surface area contributed by atoms with Gasteiger partial charge in [0.25, 0.3) is 0 Å². The van der Waals surface area contributed by atoms with Gasteiger partial charge in [-0.05, 0) is 45.3 Å². The molecule has 0 spiro atoms. The van der Waals surface area contributed by atoms with Crippen molar-refractivity contribution in [3.63, 3.8) is 0 Å². The summed E-state index contributed by atoms with van der Waals surface area (Å²) in [6, 6.07) is 2.18. The summed E-state index contributed by atoms with van der Waals surface area (Å²) in [4.78, 5) is 0. The molecule has 0 amide bonds. The van der Waals surface area contributed by atoms with Gasteiger partial charge in [0.05, 0.1) is 28.5 Å². The van der Waals surface area contributed by atoms with Gasteiger partial charge in [-0.25, -0.2) is 0 Å². The van der Waals surface area contributed by atoms with E-state index in [0.717, 1.165) is 12.1 Å². The maximum absolute atomic E-state index is 13.2. The van der Waals surface area contributed by atoms with Crippen molar-refractivity contribution in [3.05, 3.63) is 23.9 Å². The van der Waals surface area contributed by atoms with Gasteiger partial charge < -0.3 is 9.31 Å². The van der Waals surface area contributed by atoms with E-state index in [1.54, 1.807) is 7.05 Å². The van der Waals surface area contributed by atoms with Crippen LogP contribution in [0.2, 0.25) is 0 Å². The SMILES string of the molecule is Cn1ncc2c(B3OC(C)(C)C(C)(C)O3)cc(C(F)(F)F)cc21. The molecule has 0 N–H and O–H groups in total. The Labute approximate surface area is 132 Å². The minimum atomic E-state index is -4.45. The monoisotopic (exact) mass is 326 g/mol. The van der Waals surface area contributed by atoms with Crippen molar-refractivity contribution in [2.45, 2.75) is 45.1 Å². The van der Waals surface area contributed by atoms with Gasteiger partial charge >= 0.3 is 13.3 Å². The summed E-state index contributed by atoms with van der Waals surface area (Å²) in [5.41, 5.74) is -1.25. The van der Waals surface area contributed by atoms with Crippen LogP contribution in [0.15, 0.2) is 18.3 Å². The molecule has 0 saturated carbocycles. The van der Waals surface area contributed by atoms with Crippen molar-refractivity contribution in [2.24, 2.45) is 7.05 Å². The Bertz CT molecular complexity index is 752. The number of aryl methyl sites for hydroxylation is 1. The van der Waals surface area contributed by atoms with E-state index in [0.29, 0.717) is 16.4 Å². The summed E-state index contributed by atoms with van der Waals surface area (Å²) in [5, 5.41) is 4.66. The van der Waals surface area contributed by atoms with Gasteiger partial charge in [0.15, 0.2) is 0 Å². The summed E-state index contributed by atoms with van der Waals surface area (Å²) >= 11 is 0. The molecule has 0 radical (unpaired) electrons. The number of alkyl halides is 3. The molecule has 1 fully saturated rings. The highest BCUT2D eigenvalue weighted by molar-refractivity contribution is 6.65. The second-order valence-corrected chi connectivity index (χ2v) is 6.85. The number of benzene rings is 1. The van der Waals surface area contributed by atoms with Crippen LogP contribution < -0.4 is 5.46 Å². The summed E-state index contributed by atoms with van der Waals surface area (Å²) < 4.78 is 52.9. The number of fused-ring (bicyclic) bond motifs is 1. The second-order valence-electron chi connectivity index (χ2n) is 6.85. The fourth-order valence-corrected chi connectivity index (χ4v) is 2.60. The lowest BCUT2D eigenvalue weighted by atomic mass is 9.76. The average Bonchev–Trinajstić information content (AvgIpc) is 2.86. The largest absolute Gasteiger partial charge is 0.495 e. The molecular weight excluding hydrogens is 308 g/mol. The fraction of sp³-hybridized carbons (Fsp3) is 0.533. The Morgan fingerprint density at radius 2 is 1.65 bits per heavy atom. The lowest BCUT2D eigenvalue weighted by Crippen LogP contribution is -2.41. The molecule has 3 rings (SSSR count). The summed E-state index contributed by atoms with van der Waals surface area (Å²) in [6.07, 6.45) is -2.91. The van der Waals surface area contributed by atoms with E-state index in [1.165, 1.54) is 10.9 Å². The third kappa shape index (κ3) is 2.53. The number of nitrogens with zero attached hydrogens (tertiary/aromatic N) is 2. The van der Waals surface area contributed by atoms with Gasteiger partial charge in [-0.3, -0.25) is 4.68 Å². The smallest absolute Gasteiger partial charge is 0.399 e. The number of aromatic nitrogens is 2. The molecule has 4 nitrogen and oxygen atoms in total. The molecule has 2 aromatic rings. The topological polar surface area (TPSA) is 36.3 Å². The van der Waals surface area contributed by atoms with Crippen LogP contribution >= 0.6 is 0 Å². The fourth-order valence-electron chi connectivity index (χ4n) is 2.60. The zero-order valence-electron chi connectivity index (χ0n) is 13.7. The Hall–Kier alpha value is -1.54. The molecule has 124 valence electrons. The molecular formula is C15H18BF3N2O2. The van der Waals surface area contributed by atoms with Gasteiger partial charge in [-0.2, -0.15) is 18.3 Å². The summed E-state index contributed by atoms with van der Waals surface area (Å²) in [7, 11) is 0.741. The standard InChI is InChI=1S/C15H18BF3N2O2/c1-13(2)14(3,4)23-16(22-13)11-6-9(15(17,18)19)7-12-10(11)8-20-21(12)5/h6-8H,1-5H3. The lowest BCUT2D eigenvalue weighted by molar-refractivity contribution is -0.137. The van der Waals surface area contributed by atoms with Gasteiger partial charge in [0, 0.05) is 12.4 Å². The van der Waals surface area contributed by atoms with E-state index >= 15 is 0 Å². The van der Waals surface area contributed by atoms with E-state index in [2.05, 4.69) is 5.10 Å². The highest BCUT2D eigenvalue weighted by Gasteiger charge is 2.52. The molecule has 1 aliphatic heterocycles. The van der Waals surface area contributed by atoms with E-state index in [1.807, 2.05) is 27.7 Å². The highest BCUT2D eigenvalue weighted by Crippen LogP contribution is 2.38. The van der Waals surface area contributed by atoms with Crippen LogP contribution in [0.5, 0.6) is 0 Å². The Kier molecular flexibility index (Phi) is 3.36. The third-order valence-corrected chi connectivity index (χ3v) is 4.73. The molecule has 0 atom stereocenters. The van der Waals surface area contributed by atoms with E-state index < -0.39 is 30.1 Å². The molecule has 23 heavy (non-hydrogen) atoms. The van der Waals surface area contributed by atoms with Crippen LogP contribution in [0, 0.1) is 0 Å². The van der Waals surface area contributed by atoms with Crippen LogP contribution in [0.4, 0.5) is 13.2 Å². The van der Waals surface area contributed by atoms with Crippen LogP contribution in [0.1, 0.15) is 33.3 Å². The normalized spacial score (nSPS) is 20.4. The maximum Gasteiger partial charge on any atom is 0.495 e. The van der Waals surface area contributed by atoms with Crippen LogP contribution in [-0.4, -0.2) is 28.1 Å². The Balaban J connectivity index is 2.18. The number of hydrogen-bond donors (Lipinski definition) is 0. The van der Waals surface area contributed by atoms with Gasteiger partial charge in [-0.15, -0.1) is 0 Å². The molecule has 0 aliphatic carbocycles. The van der Waals surface area contributed by atoms with Crippen molar-refractivity contribution < 1.29 is 22.5 Å². The molecule has 0 unspecified atom stereocenters.